The molecule has 3 N–H and O–H groups in total. The number of carboxylic acid groups (broad SMARTS) is 1. The predicted octanol–water partition coefficient (Wildman–Crippen LogP) is 3.04. The number of carboxylic acids is 1. The molecule has 2 amide bonds. The van der Waals surface area contributed by atoms with Gasteiger partial charge < -0.3 is 20.3 Å². The van der Waals surface area contributed by atoms with E-state index >= 15 is 0 Å². The molecule has 0 spiro atoms. The first-order valence-electron chi connectivity index (χ1n) is 7.45. The number of anilines is 1. The Labute approximate surface area is 129 Å². The predicted molar refractivity (Wildman–Crippen MR) is 86.1 cm³/mol. The van der Waals surface area contributed by atoms with E-state index in [1.54, 1.807) is 0 Å². The largest absolute Gasteiger partial charge is 0.481 e. The van der Waals surface area contributed by atoms with Crippen molar-refractivity contribution in [1.82, 2.24) is 9.88 Å². The molecule has 1 aromatic heterocycles. The maximum Gasteiger partial charge on any atom is 0.319 e. The highest BCUT2D eigenvalue weighted by Crippen LogP contribution is 2.20. The van der Waals surface area contributed by atoms with E-state index in [1.807, 2.05) is 30.5 Å². The van der Waals surface area contributed by atoms with Crippen LogP contribution in [0.1, 0.15) is 26.2 Å². The number of aryl methyl sites for hydroxylation is 1. The van der Waals surface area contributed by atoms with Gasteiger partial charge in [-0.25, -0.2) is 4.79 Å². The Morgan fingerprint density at radius 3 is 2.82 bits per heavy atom. The van der Waals surface area contributed by atoms with E-state index < -0.39 is 5.97 Å². The quantitative estimate of drug-likeness (QED) is 0.687. The van der Waals surface area contributed by atoms with Crippen LogP contribution >= 0.6 is 0 Å². The van der Waals surface area contributed by atoms with Gasteiger partial charge in [0.1, 0.15) is 0 Å². The first-order chi connectivity index (χ1) is 10.6. The smallest absolute Gasteiger partial charge is 0.319 e. The SMILES string of the molecule is CCCn1ccc2cc(NC(=O)NCCCC(=O)O)ccc21. The molecular weight excluding hydrogens is 282 g/mol. The number of aliphatic carboxylic acids is 1. The van der Waals surface area contributed by atoms with Crippen LogP contribution in [0.25, 0.3) is 10.9 Å². The van der Waals surface area contributed by atoms with Gasteiger partial charge in [-0.05, 0) is 37.1 Å². The zero-order valence-corrected chi connectivity index (χ0v) is 12.6. The van der Waals surface area contributed by atoms with Gasteiger partial charge in [0.05, 0.1) is 0 Å². The van der Waals surface area contributed by atoms with Crippen molar-refractivity contribution >= 4 is 28.6 Å². The van der Waals surface area contributed by atoms with Crippen molar-refractivity contribution in [1.29, 1.82) is 0 Å². The number of rotatable bonds is 7. The van der Waals surface area contributed by atoms with Gasteiger partial charge in [-0.2, -0.15) is 0 Å². The molecule has 0 radical (unpaired) electrons. The lowest BCUT2D eigenvalue weighted by Gasteiger charge is -2.08. The van der Waals surface area contributed by atoms with E-state index in [1.165, 1.54) is 0 Å². The van der Waals surface area contributed by atoms with Crippen LogP contribution in [0.3, 0.4) is 0 Å². The van der Waals surface area contributed by atoms with Gasteiger partial charge >= 0.3 is 12.0 Å². The first-order valence-corrected chi connectivity index (χ1v) is 7.45. The summed E-state index contributed by atoms with van der Waals surface area (Å²) in [5, 5.41) is 15.0. The number of hydrogen-bond acceptors (Lipinski definition) is 2. The minimum Gasteiger partial charge on any atom is -0.481 e. The summed E-state index contributed by atoms with van der Waals surface area (Å²) in [5.41, 5.74) is 1.87. The van der Waals surface area contributed by atoms with Crippen molar-refractivity contribution in [3.8, 4) is 0 Å². The molecule has 0 aliphatic carbocycles. The fourth-order valence-corrected chi connectivity index (χ4v) is 2.33. The number of benzene rings is 1. The molecule has 22 heavy (non-hydrogen) atoms. The molecule has 6 heteroatoms. The van der Waals surface area contributed by atoms with E-state index in [4.69, 9.17) is 5.11 Å². The average molecular weight is 303 g/mol. The third-order valence-electron chi connectivity index (χ3n) is 3.35. The van der Waals surface area contributed by atoms with Gasteiger partial charge in [0.25, 0.3) is 0 Å². The Kier molecular flexibility index (Phi) is 5.41. The van der Waals surface area contributed by atoms with Gasteiger partial charge in [-0.3, -0.25) is 4.79 Å². The molecule has 0 fully saturated rings. The van der Waals surface area contributed by atoms with E-state index in [2.05, 4.69) is 22.1 Å². The van der Waals surface area contributed by atoms with Crippen LogP contribution in [-0.4, -0.2) is 28.2 Å². The maximum absolute atomic E-state index is 11.7. The molecule has 118 valence electrons. The Morgan fingerprint density at radius 2 is 2.09 bits per heavy atom. The van der Waals surface area contributed by atoms with E-state index in [0.29, 0.717) is 13.0 Å². The molecule has 0 aliphatic heterocycles. The van der Waals surface area contributed by atoms with Gasteiger partial charge in [0, 0.05) is 42.3 Å². The van der Waals surface area contributed by atoms with Crippen molar-refractivity contribution in [2.24, 2.45) is 0 Å². The number of carbonyl (C=O) groups excluding carboxylic acids is 1. The van der Waals surface area contributed by atoms with Crippen LogP contribution < -0.4 is 10.6 Å². The number of urea groups is 1. The summed E-state index contributed by atoms with van der Waals surface area (Å²) in [6, 6.07) is 7.49. The molecule has 0 atom stereocenters. The summed E-state index contributed by atoms with van der Waals surface area (Å²) >= 11 is 0. The summed E-state index contributed by atoms with van der Waals surface area (Å²) in [4.78, 5) is 22.1. The molecule has 6 nitrogen and oxygen atoms in total. The van der Waals surface area contributed by atoms with E-state index in [0.717, 1.165) is 29.6 Å². The second-order valence-electron chi connectivity index (χ2n) is 5.16. The monoisotopic (exact) mass is 303 g/mol. The molecular formula is C16H21N3O3. The zero-order valence-electron chi connectivity index (χ0n) is 12.6. The van der Waals surface area contributed by atoms with Crippen molar-refractivity contribution in [3.63, 3.8) is 0 Å². The van der Waals surface area contributed by atoms with Crippen LogP contribution in [0.2, 0.25) is 0 Å². The van der Waals surface area contributed by atoms with Crippen LogP contribution in [-0.2, 0) is 11.3 Å². The molecule has 1 heterocycles. The highest BCUT2D eigenvalue weighted by Gasteiger charge is 2.05. The third kappa shape index (κ3) is 4.25. The highest BCUT2D eigenvalue weighted by atomic mass is 16.4. The first kappa shape index (κ1) is 15.9. The number of carbonyl (C=O) groups is 2. The molecule has 0 aliphatic rings. The fourth-order valence-electron chi connectivity index (χ4n) is 2.33. The van der Waals surface area contributed by atoms with Crippen LogP contribution in [0.5, 0.6) is 0 Å². The summed E-state index contributed by atoms with van der Waals surface area (Å²) in [7, 11) is 0. The number of hydrogen-bond donors (Lipinski definition) is 3. The van der Waals surface area contributed by atoms with Crippen molar-refractivity contribution in [2.75, 3.05) is 11.9 Å². The minimum atomic E-state index is -0.857. The summed E-state index contributed by atoms with van der Waals surface area (Å²) in [6.07, 6.45) is 3.59. The molecule has 0 bridgehead atoms. The number of fused-ring (bicyclic) bond motifs is 1. The lowest BCUT2D eigenvalue weighted by Crippen LogP contribution is -2.29. The number of nitrogens with zero attached hydrogens (tertiary/aromatic N) is 1. The number of amides is 2. The van der Waals surface area contributed by atoms with Crippen molar-refractivity contribution in [3.05, 3.63) is 30.5 Å². The molecule has 1 aromatic carbocycles. The second-order valence-corrected chi connectivity index (χ2v) is 5.16. The molecule has 0 saturated heterocycles. The van der Waals surface area contributed by atoms with Crippen molar-refractivity contribution in [2.45, 2.75) is 32.7 Å². The lowest BCUT2D eigenvalue weighted by atomic mass is 10.2. The maximum atomic E-state index is 11.7. The third-order valence-corrected chi connectivity index (χ3v) is 3.35. The standard InChI is InChI=1S/C16H21N3O3/c1-2-9-19-10-7-12-11-13(5-6-14(12)19)18-16(22)17-8-3-4-15(20)21/h5-7,10-11H,2-4,8-9H2,1H3,(H,20,21)(H2,17,18,22). The molecule has 0 unspecified atom stereocenters. The van der Waals surface area contributed by atoms with Crippen LogP contribution in [0.15, 0.2) is 30.5 Å². The second kappa shape index (κ2) is 7.49. The molecule has 0 saturated carbocycles. The molecule has 2 rings (SSSR count). The van der Waals surface area contributed by atoms with Gasteiger partial charge in [-0.1, -0.05) is 6.92 Å². The topological polar surface area (TPSA) is 83.4 Å². The van der Waals surface area contributed by atoms with Gasteiger partial charge in [-0.15, -0.1) is 0 Å². The number of aromatic nitrogens is 1. The summed E-state index contributed by atoms with van der Waals surface area (Å²) < 4.78 is 2.19. The average Bonchev–Trinajstić information content (AvgIpc) is 2.86. The van der Waals surface area contributed by atoms with Crippen LogP contribution in [0.4, 0.5) is 10.5 Å². The Balaban J connectivity index is 1.91. The molecule has 2 aromatic rings. The van der Waals surface area contributed by atoms with E-state index in [9.17, 15) is 9.59 Å². The van der Waals surface area contributed by atoms with E-state index in [-0.39, 0.29) is 12.5 Å². The van der Waals surface area contributed by atoms with Crippen molar-refractivity contribution < 1.29 is 14.7 Å². The zero-order chi connectivity index (χ0) is 15.9. The normalized spacial score (nSPS) is 10.6. The Morgan fingerprint density at radius 1 is 1.27 bits per heavy atom. The highest BCUT2D eigenvalue weighted by molar-refractivity contribution is 5.92. The Hall–Kier alpha value is -2.50. The summed E-state index contributed by atoms with van der Waals surface area (Å²) in [6.45, 7) is 3.45. The fraction of sp³-hybridized carbons (Fsp3) is 0.375. The summed E-state index contributed by atoms with van der Waals surface area (Å²) in [5.74, 6) is -0.857. The van der Waals surface area contributed by atoms with Gasteiger partial charge in [0.2, 0.25) is 0 Å². The Bertz CT molecular complexity index is 664. The minimum absolute atomic E-state index is 0.0528. The van der Waals surface area contributed by atoms with Gasteiger partial charge in [0.15, 0.2) is 0 Å². The number of nitrogens with one attached hydrogen (secondary N) is 2. The van der Waals surface area contributed by atoms with Crippen LogP contribution in [0, 0.1) is 0 Å². The lowest BCUT2D eigenvalue weighted by molar-refractivity contribution is -0.137.